The molecule has 0 amide bonds. The summed E-state index contributed by atoms with van der Waals surface area (Å²) in [5, 5.41) is 1.11. The molecule has 0 radical (unpaired) electrons. The normalized spacial score (nSPS) is 13.0. The van der Waals surface area contributed by atoms with E-state index in [1.807, 2.05) is 26.0 Å². The van der Waals surface area contributed by atoms with E-state index in [1.54, 1.807) is 18.3 Å². The van der Waals surface area contributed by atoms with Crippen molar-refractivity contribution in [1.29, 1.82) is 0 Å². The van der Waals surface area contributed by atoms with Gasteiger partial charge in [0.15, 0.2) is 10.9 Å². The monoisotopic (exact) mass is 387 g/mol. The number of fused-ring (bicyclic) bond motifs is 1. The summed E-state index contributed by atoms with van der Waals surface area (Å²) in [6.07, 6.45) is 2.48. The maximum Gasteiger partial charge on any atom is 0.171 e. The molecule has 142 valence electrons. The second-order valence-corrected chi connectivity index (χ2v) is 7.97. The second kappa shape index (κ2) is 7.79. The fourth-order valence-electron chi connectivity index (χ4n) is 3.21. The summed E-state index contributed by atoms with van der Waals surface area (Å²) in [5.41, 5.74) is 7.91. The highest BCUT2D eigenvalue weighted by Gasteiger charge is 2.17. The molecule has 0 saturated carbocycles. The number of nitrogens with zero attached hydrogens (tertiary/aromatic N) is 2. The molecule has 0 bridgehead atoms. The average molecular weight is 388 g/mol. The van der Waals surface area contributed by atoms with Gasteiger partial charge in [-0.1, -0.05) is 18.5 Å². The SMILES string of the molecule is CC(COc1ccc(-c2ccnc3cc(F)ccc23)nc1Cl)CC(C)(C)N. The summed E-state index contributed by atoms with van der Waals surface area (Å²) in [5.74, 6) is 0.503. The van der Waals surface area contributed by atoms with Crippen molar-refractivity contribution >= 4 is 22.5 Å². The van der Waals surface area contributed by atoms with Gasteiger partial charge in [0, 0.05) is 28.8 Å². The van der Waals surface area contributed by atoms with E-state index in [0.717, 1.165) is 17.4 Å². The van der Waals surface area contributed by atoms with E-state index in [2.05, 4.69) is 16.9 Å². The number of hydrogen-bond acceptors (Lipinski definition) is 4. The number of pyridine rings is 2. The average Bonchev–Trinajstić information content (AvgIpc) is 2.58. The fraction of sp³-hybridized carbons (Fsp3) is 0.333. The van der Waals surface area contributed by atoms with Crippen LogP contribution in [0, 0.1) is 11.7 Å². The van der Waals surface area contributed by atoms with E-state index < -0.39 is 0 Å². The Morgan fingerprint density at radius 1 is 1.22 bits per heavy atom. The molecule has 27 heavy (non-hydrogen) atoms. The fourth-order valence-corrected chi connectivity index (χ4v) is 3.42. The van der Waals surface area contributed by atoms with E-state index in [-0.39, 0.29) is 11.4 Å². The van der Waals surface area contributed by atoms with Crippen molar-refractivity contribution in [3.05, 3.63) is 53.6 Å². The van der Waals surface area contributed by atoms with Gasteiger partial charge in [0.2, 0.25) is 0 Å². The van der Waals surface area contributed by atoms with Crippen molar-refractivity contribution < 1.29 is 9.13 Å². The van der Waals surface area contributed by atoms with Crippen molar-refractivity contribution in [2.75, 3.05) is 6.61 Å². The minimum Gasteiger partial charge on any atom is -0.490 e. The van der Waals surface area contributed by atoms with Crippen molar-refractivity contribution in [3.63, 3.8) is 0 Å². The van der Waals surface area contributed by atoms with Gasteiger partial charge in [0.05, 0.1) is 17.8 Å². The third-order valence-electron chi connectivity index (χ3n) is 4.19. The van der Waals surface area contributed by atoms with Gasteiger partial charge in [-0.05, 0) is 56.5 Å². The van der Waals surface area contributed by atoms with Crippen LogP contribution in [0.15, 0.2) is 42.6 Å². The Morgan fingerprint density at radius 3 is 2.70 bits per heavy atom. The number of halogens is 2. The molecular formula is C21H23ClFN3O. The highest BCUT2D eigenvalue weighted by atomic mass is 35.5. The molecule has 3 rings (SSSR count). The molecule has 0 aliphatic rings. The number of ether oxygens (including phenoxy) is 1. The summed E-state index contributed by atoms with van der Waals surface area (Å²) in [6, 6.07) is 10.00. The summed E-state index contributed by atoms with van der Waals surface area (Å²) in [7, 11) is 0. The molecule has 6 heteroatoms. The van der Waals surface area contributed by atoms with Crippen LogP contribution >= 0.6 is 11.6 Å². The van der Waals surface area contributed by atoms with Crippen molar-refractivity contribution in [2.24, 2.45) is 11.7 Å². The predicted molar refractivity (Wildman–Crippen MR) is 107 cm³/mol. The first-order valence-corrected chi connectivity index (χ1v) is 9.23. The molecule has 0 saturated heterocycles. The smallest absolute Gasteiger partial charge is 0.171 e. The van der Waals surface area contributed by atoms with Gasteiger partial charge < -0.3 is 10.5 Å². The Morgan fingerprint density at radius 2 is 2.00 bits per heavy atom. The third kappa shape index (κ3) is 4.93. The van der Waals surface area contributed by atoms with Crippen LogP contribution in [0.25, 0.3) is 22.2 Å². The van der Waals surface area contributed by atoms with Crippen LogP contribution in [0.5, 0.6) is 5.75 Å². The van der Waals surface area contributed by atoms with Gasteiger partial charge in [-0.3, -0.25) is 4.98 Å². The molecule has 0 aliphatic heterocycles. The molecular weight excluding hydrogens is 365 g/mol. The van der Waals surface area contributed by atoms with Crippen LogP contribution < -0.4 is 10.5 Å². The number of benzene rings is 1. The first-order valence-electron chi connectivity index (χ1n) is 8.86. The molecule has 0 fully saturated rings. The summed E-state index contributed by atoms with van der Waals surface area (Å²) in [4.78, 5) is 8.67. The highest BCUT2D eigenvalue weighted by Crippen LogP contribution is 2.31. The number of hydrogen-bond donors (Lipinski definition) is 1. The lowest BCUT2D eigenvalue weighted by atomic mass is 9.93. The highest BCUT2D eigenvalue weighted by molar-refractivity contribution is 6.31. The quantitative estimate of drug-likeness (QED) is 0.588. The van der Waals surface area contributed by atoms with Crippen LogP contribution in [0.1, 0.15) is 27.2 Å². The molecule has 1 atom stereocenters. The van der Waals surface area contributed by atoms with Gasteiger partial charge in [0.1, 0.15) is 5.82 Å². The number of aromatic nitrogens is 2. The van der Waals surface area contributed by atoms with Crippen molar-refractivity contribution in [3.8, 4) is 17.0 Å². The molecule has 2 heterocycles. The summed E-state index contributed by atoms with van der Waals surface area (Å²) >= 11 is 6.34. The van der Waals surface area contributed by atoms with E-state index in [1.165, 1.54) is 12.1 Å². The Bertz CT molecular complexity index is 956. The maximum atomic E-state index is 13.4. The largest absolute Gasteiger partial charge is 0.490 e. The van der Waals surface area contributed by atoms with Gasteiger partial charge >= 0.3 is 0 Å². The second-order valence-electron chi connectivity index (χ2n) is 7.61. The first-order chi connectivity index (χ1) is 12.7. The topological polar surface area (TPSA) is 61.0 Å². The predicted octanol–water partition coefficient (Wildman–Crippen LogP) is 5.23. The van der Waals surface area contributed by atoms with Crippen molar-refractivity contribution in [2.45, 2.75) is 32.7 Å². The maximum absolute atomic E-state index is 13.4. The minimum atomic E-state index is -0.323. The van der Waals surface area contributed by atoms with Gasteiger partial charge in [-0.25, -0.2) is 9.37 Å². The van der Waals surface area contributed by atoms with Crippen molar-refractivity contribution in [1.82, 2.24) is 9.97 Å². The Balaban J connectivity index is 1.81. The Kier molecular flexibility index (Phi) is 5.63. The Labute approximate surface area is 163 Å². The first kappa shape index (κ1) is 19.5. The summed E-state index contributed by atoms with van der Waals surface area (Å²) in [6.45, 7) is 6.60. The lowest BCUT2D eigenvalue weighted by Crippen LogP contribution is -2.35. The standard InChI is InChI=1S/C21H23ClFN3O/c1-13(11-21(2,3)24)12-27-19-7-6-17(26-20(19)22)16-8-9-25-18-10-14(23)4-5-15(16)18/h4-10,13H,11-12,24H2,1-3H3. The van der Waals surface area contributed by atoms with Crippen LogP contribution in [0.3, 0.4) is 0 Å². The number of rotatable bonds is 6. The van der Waals surface area contributed by atoms with Gasteiger partial charge in [0.25, 0.3) is 0 Å². The molecule has 2 N–H and O–H groups in total. The van der Waals surface area contributed by atoms with E-state index in [0.29, 0.717) is 34.6 Å². The van der Waals surface area contributed by atoms with Crippen LogP contribution in [0.2, 0.25) is 5.15 Å². The summed E-state index contributed by atoms with van der Waals surface area (Å²) < 4.78 is 19.3. The molecule has 2 aromatic heterocycles. The van der Waals surface area contributed by atoms with Gasteiger partial charge in [-0.2, -0.15) is 0 Å². The molecule has 3 aromatic rings. The van der Waals surface area contributed by atoms with Crippen LogP contribution in [-0.4, -0.2) is 22.1 Å². The van der Waals surface area contributed by atoms with E-state index >= 15 is 0 Å². The zero-order valence-corrected chi connectivity index (χ0v) is 16.4. The van der Waals surface area contributed by atoms with E-state index in [4.69, 9.17) is 22.1 Å². The number of nitrogens with two attached hydrogens (primary N) is 1. The Hall–Kier alpha value is -2.24. The lowest BCUT2D eigenvalue weighted by molar-refractivity contribution is 0.229. The zero-order valence-electron chi connectivity index (χ0n) is 15.7. The van der Waals surface area contributed by atoms with Crippen LogP contribution in [-0.2, 0) is 0 Å². The molecule has 4 nitrogen and oxygen atoms in total. The third-order valence-corrected chi connectivity index (χ3v) is 4.46. The minimum absolute atomic E-state index is 0.240. The lowest BCUT2D eigenvalue weighted by Gasteiger charge is -2.23. The molecule has 1 unspecified atom stereocenters. The zero-order chi connectivity index (χ0) is 19.6. The molecule has 0 aliphatic carbocycles. The molecule has 0 spiro atoms. The van der Waals surface area contributed by atoms with E-state index in [9.17, 15) is 4.39 Å². The van der Waals surface area contributed by atoms with Gasteiger partial charge in [-0.15, -0.1) is 0 Å². The van der Waals surface area contributed by atoms with Crippen LogP contribution in [0.4, 0.5) is 4.39 Å². The molecule has 1 aromatic carbocycles.